The number of methoxy groups -OCH3 is 2. The number of carboxylic acids is 1. The minimum Gasteiger partial charge on any atom is -0.493 e. The van der Waals surface area contributed by atoms with Crippen LogP contribution in [0.25, 0.3) is 11.1 Å². The summed E-state index contributed by atoms with van der Waals surface area (Å²) in [7, 11) is 3.08. The normalized spacial score (nSPS) is 16.9. The molecular weight excluding hydrogens is 332 g/mol. The van der Waals surface area contributed by atoms with Gasteiger partial charge < -0.3 is 14.6 Å². The molecule has 0 aromatic heterocycles. The quantitative estimate of drug-likeness (QED) is 0.890. The van der Waals surface area contributed by atoms with E-state index in [-0.39, 0.29) is 5.78 Å². The minimum absolute atomic E-state index is 0.170. The Labute approximate surface area is 151 Å². The van der Waals surface area contributed by atoms with E-state index in [1.807, 2.05) is 24.3 Å². The first-order valence-corrected chi connectivity index (χ1v) is 8.67. The first kappa shape index (κ1) is 16.6. The summed E-state index contributed by atoms with van der Waals surface area (Å²) in [5.74, 6) is 0.321. The fraction of sp³-hybridized carbons (Fsp3) is 0.333. The van der Waals surface area contributed by atoms with Gasteiger partial charge in [0.1, 0.15) is 0 Å². The summed E-state index contributed by atoms with van der Waals surface area (Å²) < 4.78 is 11.0. The minimum atomic E-state index is -0.940. The molecule has 4 rings (SSSR count). The van der Waals surface area contributed by atoms with Crippen LogP contribution in [0.15, 0.2) is 30.3 Å². The maximum absolute atomic E-state index is 12.0. The summed E-state index contributed by atoms with van der Waals surface area (Å²) in [6, 6.07) is 9.43. The van der Waals surface area contributed by atoms with Gasteiger partial charge in [-0.1, -0.05) is 24.3 Å². The molecule has 2 aromatic carbocycles. The lowest BCUT2D eigenvalue weighted by molar-refractivity contribution is -0.140. The van der Waals surface area contributed by atoms with E-state index in [9.17, 15) is 14.7 Å². The largest absolute Gasteiger partial charge is 0.493 e. The third kappa shape index (κ3) is 2.30. The molecule has 2 aromatic rings. The molecule has 1 fully saturated rings. The van der Waals surface area contributed by atoms with E-state index >= 15 is 0 Å². The molecule has 1 saturated carbocycles. The third-order valence-electron chi connectivity index (χ3n) is 5.52. The average Bonchev–Trinajstić information content (AvgIpc) is 3.39. The van der Waals surface area contributed by atoms with E-state index in [4.69, 9.17) is 9.47 Å². The van der Waals surface area contributed by atoms with Gasteiger partial charge in [-0.05, 0) is 42.0 Å². The second-order valence-corrected chi connectivity index (χ2v) is 6.91. The van der Waals surface area contributed by atoms with Crippen molar-refractivity contribution in [2.75, 3.05) is 14.2 Å². The smallest absolute Gasteiger partial charge is 0.314 e. The number of carbonyl (C=O) groups excluding carboxylic acids is 1. The van der Waals surface area contributed by atoms with Crippen molar-refractivity contribution in [3.63, 3.8) is 0 Å². The zero-order valence-electron chi connectivity index (χ0n) is 14.8. The monoisotopic (exact) mass is 352 g/mol. The number of carboxylic acid groups (broad SMARTS) is 1. The first-order valence-electron chi connectivity index (χ1n) is 8.67. The number of benzene rings is 2. The van der Waals surface area contributed by atoms with E-state index in [1.165, 1.54) is 7.11 Å². The van der Waals surface area contributed by atoms with Crippen molar-refractivity contribution < 1.29 is 24.2 Å². The Hall–Kier alpha value is -2.82. The van der Waals surface area contributed by atoms with Crippen molar-refractivity contribution in [1.82, 2.24) is 0 Å². The number of rotatable bonds is 5. The molecule has 1 N–H and O–H groups in total. The standard InChI is InChI=1S/C21H20O5/c1-25-17-8-6-15(13-3-5-14-12(11-13)4-7-16(14)22)18(19(17)26-2)21(9-10-21)20(23)24/h3,5-6,8,11H,4,7,9-10H2,1-2H3,(H,23,24). The molecule has 0 unspecified atom stereocenters. The number of ketones is 1. The predicted molar refractivity (Wildman–Crippen MR) is 96.2 cm³/mol. The molecule has 0 radical (unpaired) electrons. The van der Waals surface area contributed by atoms with Gasteiger partial charge in [0.15, 0.2) is 17.3 Å². The molecule has 0 bridgehead atoms. The van der Waals surface area contributed by atoms with Crippen LogP contribution in [-0.4, -0.2) is 31.1 Å². The van der Waals surface area contributed by atoms with E-state index in [0.717, 1.165) is 28.7 Å². The second kappa shape index (κ2) is 5.87. The number of hydrogen-bond acceptors (Lipinski definition) is 4. The van der Waals surface area contributed by atoms with Crippen molar-refractivity contribution in [3.05, 3.63) is 47.0 Å². The van der Waals surface area contributed by atoms with Crippen molar-refractivity contribution >= 4 is 11.8 Å². The van der Waals surface area contributed by atoms with E-state index < -0.39 is 11.4 Å². The molecule has 0 aliphatic heterocycles. The number of hydrogen-bond donors (Lipinski definition) is 1. The van der Waals surface area contributed by atoms with Crippen molar-refractivity contribution in [1.29, 1.82) is 0 Å². The summed E-state index contributed by atoms with van der Waals surface area (Å²) in [6.45, 7) is 0. The molecule has 2 aliphatic rings. The molecule has 0 atom stereocenters. The molecule has 5 nitrogen and oxygen atoms in total. The van der Waals surface area contributed by atoms with Gasteiger partial charge in [-0.25, -0.2) is 0 Å². The number of carbonyl (C=O) groups is 2. The summed E-state index contributed by atoms with van der Waals surface area (Å²) in [5.41, 5.74) is 3.25. The lowest BCUT2D eigenvalue weighted by Crippen LogP contribution is -2.21. The molecule has 134 valence electrons. The van der Waals surface area contributed by atoms with Crippen LogP contribution in [0.4, 0.5) is 0 Å². The average molecular weight is 352 g/mol. The Morgan fingerprint density at radius 3 is 2.38 bits per heavy atom. The number of aliphatic carboxylic acids is 1. The van der Waals surface area contributed by atoms with Gasteiger partial charge in [-0.2, -0.15) is 0 Å². The Morgan fingerprint density at radius 1 is 1.04 bits per heavy atom. The molecule has 0 saturated heterocycles. The van der Waals surface area contributed by atoms with Gasteiger partial charge >= 0.3 is 5.97 Å². The van der Waals surface area contributed by atoms with Gasteiger partial charge in [0.05, 0.1) is 19.6 Å². The van der Waals surface area contributed by atoms with Crippen LogP contribution in [0.3, 0.4) is 0 Å². The van der Waals surface area contributed by atoms with Crippen LogP contribution < -0.4 is 9.47 Å². The lowest BCUT2D eigenvalue weighted by atomic mass is 9.86. The van der Waals surface area contributed by atoms with Gasteiger partial charge in [0, 0.05) is 17.5 Å². The maximum Gasteiger partial charge on any atom is 0.314 e. The zero-order chi connectivity index (χ0) is 18.5. The highest BCUT2D eigenvalue weighted by Gasteiger charge is 2.55. The molecular formula is C21H20O5. The molecule has 0 heterocycles. The predicted octanol–water partition coefficient (Wildman–Crippen LogP) is 3.62. The molecule has 26 heavy (non-hydrogen) atoms. The highest BCUT2D eigenvalue weighted by atomic mass is 16.5. The van der Waals surface area contributed by atoms with Gasteiger partial charge in [0.25, 0.3) is 0 Å². The summed E-state index contributed by atoms with van der Waals surface area (Å²) in [5, 5.41) is 9.86. The molecule has 5 heteroatoms. The number of aryl methyl sites for hydroxylation is 1. The Morgan fingerprint density at radius 2 is 1.77 bits per heavy atom. The van der Waals surface area contributed by atoms with Crippen LogP contribution in [0.1, 0.15) is 40.7 Å². The number of fused-ring (bicyclic) bond motifs is 1. The van der Waals surface area contributed by atoms with E-state index in [0.29, 0.717) is 36.3 Å². The van der Waals surface area contributed by atoms with Gasteiger partial charge in [0.2, 0.25) is 0 Å². The van der Waals surface area contributed by atoms with Gasteiger partial charge in [-0.3, -0.25) is 9.59 Å². The highest BCUT2D eigenvalue weighted by Crippen LogP contribution is 2.56. The van der Waals surface area contributed by atoms with Crippen LogP contribution in [0.5, 0.6) is 11.5 Å². The van der Waals surface area contributed by atoms with E-state index in [2.05, 4.69) is 0 Å². The first-order chi connectivity index (χ1) is 12.5. The van der Waals surface area contributed by atoms with Gasteiger partial charge in [-0.15, -0.1) is 0 Å². The Kier molecular flexibility index (Phi) is 3.75. The van der Waals surface area contributed by atoms with Crippen LogP contribution >= 0.6 is 0 Å². The summed E-state index contributed by atoms with van der Waals surface area (Å²) in [6.07, 6.45) is 2.41. The Bertz CT molecular complexity index is 924. The summed E-state index contributed by atoms with van der Waals surface area (Å²) in [4.78, 5) is 23.9. The Balaban J connectivity index is 1.95. The van der Waals surface area contributed by atoms with Crippen LogP contribution in [0.2, 0.25) is 0 Å². The number of Topliss-reactive ketones (excluding diaryl/α,β-unsaturated/α-hetero) is 1. The maximum atomic E-state index is 12.0. The molecule has 0 amide bonds. The lowest BCUT2D eigenvalue weighted by Gasteiger charge is -2.22. The van der Waals surface area contributed by atoms with Crippen LogP contribution in [0, 0.1) is 0 Å². The fourth-order valence-electron chi connectivity index (χ4n) is 3.96. The van der Waals surface area contributed by atoms with Crippen molar-refractivity contribution in [3.8, 4) is 22.6 Å². The van der Waals surface area contributed by atoms with E-state index in [1.54, 1.807) is 13.2 Å². The van der Waals surface area contributed by atoms with Crippen molar-refractivity contribution in [2.45, 2.75) is 31.1 Å². The highest BCUT2D eigenvalue weighted by molar-refractivity contribution is 6.01. The number of ether oxygens (including phenoxy) is 2. The second-order valence-electron chi connectivity index (χ2n) is 6.91. The topological polar surface area (TPSA) is 72.8 Å². The zero-order valence-corrected chi connectivity index (χ0v) is 14.8. The third-order valence-corrected chi connectivity index (χ3v) is 5.52. The van der Waals surface area contributed by atoms with Crippen molar-refractivity contribution in [2.24, 2.45) is 0 Å². The fourth-order valence-corrected chi connectivity index (χ4v) is 3.96. The molecule has 2 aliphatic carbocycles. The molecule has 0 spiro atoms. The van der Waals surface area contributed by atoms with Crippen LogP contribution in [-0.2, 0) is 16.6 Å². The summed E-state index contributed by atoms with van der Waals surface area (Å²) >= 11 is 0. The SMILES string of the molecule is COc1ccc(-c2ccc3c(c2)CCC3=O)c(C2(C(=O)O)CC2)c1OC.